The van der Waals surface area contributed by atoms with Crippen molar-refractivity contribution < 1.29 is 48.2 Å². The Balaban J connectivity index is 1.33. The zero-order valence-corrected chi connectivity index (χ0v) is 32.2. The number of methoxy groups -OCH3 is 2. The summed E-state index contributed by atoms with van der Waals surface area (Å²) in [6.07, 6.45) is 1.05. The maximum atomic E-state index is 14.7. The van der Waals surface area contributed by atoms with Crippen LogP contribution in [0, 0.1) is 25.2 Å². The first-order valence-electron chi connectivity index (χ1n) is 18.3. The lowest BCUT2D eigenvalue weighted by atomic mass is 9.71. The van der Waals surface area contributed by atoms with Gasteiger partial charge in [0, 0.05) is 53.6 Å². The average molecular weight is 771 g/mol. The third-order valence-corrected chi connectivity index (χ3v) is 13.9. The van der Waals surface area contributed by atoms with Gasteiger partial charge in [0.05, 0.1) is 37.6 Å². The molecule has 0 aromatic heterocycles. The SMILES string of the molecule is COc1cc2c(cc1O)CCN[C@@]21CS[C@H]2c3c(OC(C)=O)c(C)c4c(c3[C@@H](COC1=O)N1[C@H]2[C@@H]2c3c(cc(C)c(OC)c3O)C[C@H]([C@H]1C#N)N2C)OCO4. The van der Waals surface area contributed by atoms with Crippen molar-refractivity contribution in [2.24, 2.45) is 0 Å². The second-order valence-electron chi connectivity index (χ2n) is 15.1. The molecule has 0 unspecified atom stereocenters. The number of nitriles is 1. The maximum Gasteiger partial charge on any atom is 0.331 e. The fraction of sp³-hybridized carbons (Fsp3) is 0.475. The summed E-state index contributed by atoms with van der Waals surface area (Å²) < 4.78 is 36.1. The number of rotatable bonds is 3. The number of likely N-dealkylation sites (N-methyl/N-ethyl adjacent to an activating group) is 1. The fourth-order valence-electron chi connectivity index (χ4n) is 10.2. The molecule has 0 aliphatic carbocycles. The van der Waals surface area contributed by atoms with E-state index in [2.05, 4.69) is 21.2 Å². The van der Waals surface area contributed by atoms with Gasteiger partial charge >= 0.3 is 11.9 Å². The summed E-state index contributed by atoms with van der Waals surface area (Å²) >= 11 is 1.48. The highest BCUT2D eigenvalue weighted by Crippen LogP contribution is 2.64. The molecule has 0 amide bonds. The first-order chi connectivity index (χ1) is 26.4. The van der Waals surface area contributed by atoms with Crippen molar-refractivity contribution in [2.75, 3.05) is 47.0 Å². The van der Waals surface area contributed by atoms with Crippen molar-refractivity contribution in [1.29, 1.82) is 5.26 Å². The van der Waals surface area contributed by atoms with Crippen molar-refractivity contribution in [3.05, 3.63) is 62.7 Å². The molecule has 0 radical (unpaired) electrons. The molecule has 4 bridgehead atoms. The summed E-state index contributed by atoms with van der Waals surface area (Å²) in [5.74, 6) is 0.973. The van der Waals surface area contributed by atoms with Crippen molar-refractivity contribution in [2.45, 2.75) is 74.6 Å². The van der Waals surface area contributed by atoms with E-state index in [-0.39, 0.29) is 42.4 Å². The number of phenolic OH excluding ortho intramolecular Hbond substituents is 2. The Hall–Kier alpha value is -4.88. The Morgan fingerprint density at radius 1 is 1.05 bits per heavy atom. The molecule has 3 aromatic rings. The van der Waals surface area contributed by atoms with Gasteiger partial charge in [-0.3, -0.25) is 19.9 Å². The molecule has 14 nitrogen and oxygen atoms in total. The van der Waals surface area contributed by atoms with E-state index < -0.39 is 46.9 Å². The highest BCUT2D eigenvalue weighted by molar-refractivity contribution is 7.99. The van der Waals surface area contributed by atoms with E-state index >= 15 is 0 Å². The highest BCUT2D eigenvalue weighted by atomic mass is 32.2. The molecule has 0 saturated carbocycles. The minimum absolute atomic E-state index is 0.0239. The van der Waals surface area contributed by atoms with Crippen LogP contribution in [-0.2, 0) is 32.7 Å². The van der Waals surface area contributed by atoms with Crippen molar-refractivity contribution in [1.82, 2.24) is 15.1 Å². The van der Waals surface area contributed by atoms with Crippen molar-refractivity contribution in [3.63, 3.8) is 0 Å². The highest BCUT2D eigenvalue weighted by Gasteiger charge is 2.62. The van der Waals surface area contributed by atoms with Gasteiger partial charge in [-0.1, -0.05) is 6.07 Å². The molecule has 55 heavy (non-hydrogen) atoms. The number of aryl methyl sites for hydroxylation is 1. The zero-order chi connectivity index (χ0) is 38.7. The molecule has 10 rings (SSSR count). The smallest absolute Gasteiger partial charge is 0.331 e. The minimum atomic E-state index is -1.36. The van der Waals surface area contributed by atoms with E-state index in [4.69, 9.17) is 28.4 Å². The van der Waals surface area contributed by atoms with Crippen molar-refractivity contribution in [3.8, 4) is 46.3 Å². The topological polar surface area (TPSA) is 172 Å². The summed E-state index contributed by atoms with van der Waals surface area (Å²) in [4.78, 5) is 32.0. The molecule has 15 heteroatoms. The predicted molar refractivity (Wildman–Crippen MR) is 198 cm³/mol. The molecule has 2 saturated heterocycles. The second kappa shape index (κ2) is 12.8. The molecule has 7 heterocycles. The number of nitrogens with one attached hydrogen (secondary N) is 1. The van der Waals surface area contributed by atoms with Crippen LogP contribution >= 0.6 is 11.8 Å². The Bertz CT molecular complexity index is 2220. The van der Waals surface area contributed by atoms with E-state index in [0.717, 1.165) is 16.7 Å². The van der Waals surface area contributed by atoms with Crippen LogP contribution in [0.4, 0.5) is 0 Å². The van der Waals surface area contributed by atoms with Gasteiger partial charge in [0.25, 0.3) is 0 Å². The fourth-order valence-corrected chi connectivity index (χ4v) is 11.9. The first kappa shape index (κ1) is 35.8. The number of carbonyl (C=O) groups excluding carboxylic acids is 2. The van der Waals surface area contributed by atoms with Crippen LogP contribution in [-0.4, -0.2) is 97.0 Å². The summed E-state index contributed by atoms with van der Waals surface area (Å²) in [5.41, 5.74) is 4.41. The lowest BCUT2D eigenvalue weighted by Gasteiger charge is -2.62. The Morgan fingerprint density at radius 3 is 2.56 bits per heavy atom. The molecular weight excluding hydrogens is 729 g/mol. The minimum Gasteiger partial charge on any atom is -0.504 e. The lowest BCUT2D eigenvalue weighted by molar-refractivity contribution is -0.157. The number of ether oxygens (including phenoxy) is 6. The van der Waals surface area contributed by atoms with Gasteiger partial charge in [0.15, 0.2) is 40.0 Å². The predicted octanol–water partition coefficient (Wildman–Crippen LogP) is 3.99. The van der Waals surface area contributed by atoms with Crippen LogP contribution in [0.15, 0.2) is 18.2 Å². The number of esters is 2. The molecule has 3 N–H and O–H groups in total. The molecule has 288 valence electrons. The van der Waals surface area contributed by atoms with Gasteiger partial charge in [0.2, 0.25) is 6.79 Å². The standard InChI is InChI=1S/C40H42N4O10S/c1-17-9-21-10-23-24(13-41)44-25-14-51-39(48)40(22-12-27(49-5)26(46)11-20(22)7-8-42-40)15-55-38(32(44)31(43(23)4)28(21)33(47)34(17)50-6)30-29(25)37-36(52-16-53-37)18(2)35(30)54-19(3)45/h9,11-12,23-25,31-32,38,42,46-47H,7-8,10,14-16H2,1-6H3/t23-,24-,25-,31+,32+,38+,40+/m1/s1. The molecule has 7 atom stereocenters. The van der Waals surface area contributed by atoms with Crippen LogP contribution in [0.5, 0.6) is 40.2 Å². The Morgan fingerprint density at radius 2 is 1.84 bits per heavy atom. The van der Waals surface area contributed by atoms with Gasteiger partial charge in [-0.15, -0.1) is 11.8 Å². The van der Waals surface area contributed by atoms with E-state index in [0.29, 0.717) is 70.2 Å². The number of phenols is 2. The van der Waals surface area contributed by atoms with E-state index in [1.807, 2.05) is 27.0 Å². The van der Waals surface area contributed by atoms with Gasteiger partial charge in [-0.05, 0) is 68.1 Å². The molecule has 7 aliphatic rings. The van der Waals surface area contributed by atoms with Crippen LogP contribution in [0.1, 0.15) is 68.8 Å². The summed E-state index contributed by atoms with van der Waals surface area (Å²) in [6.45, 7) is 5.28. The van der Waals surface area contributed by atoms with Gasteiger partial charge in [-0.2, -0.15) is 5.26 Å². The molecular formula is C40H42N4O10S. The monoisotopic (exact) mass is 770 g/mol. The molecule has 3 aromatic carbocycles. The summed E-state index contributed by atoms with van der Waals surface area (Å²) in [5, 5.41) is 36.9. The van der Waals surface area contributed by atoms with Crippen LogP contribution in [0.3, 0.4) is 0 Å². The molecule has 2 fully saturated rings. The van der Waals surface area contributed by atoms with E-state index in [9.17, 15) is 25.1 Å². The van der Waals surface area contributed by atoms with Crippen LogP contribution < -0.4 is 29.0 Å². The number of piperazine rings is 1. The quantitative estimate of drug-likeness (QED) is 0.258. The van der Waals surface area contributed by atoms with Crippen molar-refractivity contribution >= 4 is 23.7 Å². The van der Waals surface area contributed by atoms with Gasteiger partial charge in [-0.25, -0.2) is 4.79 Å². The van der Waals surface area contributed by atoms with Gasteiger partial charge in [0.1, 0.15) is 18.4 Å². The number of hydrogen-bond donors (Lipinski definition) is 3. The molecule has 1 spiro atoms. The van der Waals surface area contributed by atoms with Gasteiger partial charge < -0.3 is 38.6 Å². The number of fused-ring (bicyclic) bond motifs is 9. The van der Waals surface area contributed by atoms with Crippen LogP contribution in [0.2, 0.25) is 0 Å². The lowest BCUT2D eigenvalue weighted by Crippen LogP contribution is -2.69. The average Bonchev–Trinajstić information content (AvgIpc) is 3.65. The number of thioether (sulfide) groups is 1. The third kappa shape index (κ3) is 4.90. The van der Waals surface area contributed by atoms with Crippen LogP contribution in [0.25, 0.3) is 0 Å². The number of nitrogens with zero attached hydrogens (tertiary/aromatic N) is 3. The summed E-state index contributed by atoms with van der Waals surface area (Å²) in [6, 6.07) is 5.28. The number of carbonyl (C=O) groups is 2. The summed E-state index contributed by atoms with van der Waals surface area (Å²) in [7, 11) is 4.99. The Labute approximate surface area is 322 Å². The number of aromatic hydroxyl groups is 2. The zero-order valence-electron chi connectivity index (χ0n) is 31.3. The second-order valence-corrected chi connectivity index (χ2v) is 16.2. The van der Waals surface area contributed by atoms with E-state index in [1.54, 1.807) is 12.1 Å². The number of hydrogen-bond acceptors (Lipinski definition) is 15. The Kier molecular flexibility index (Phi) is 8.36. The maximum absolute atomic E-state index is 14.7. The van der Waals surface area contributed by atoms with E-state index in [1.165, 1.54) is 32.9 Å². The third-order valence-electron chi connectivity index (χ3n) is 12.4. The number of benzene rings is 3. The normalized spacial score (nSPS) is 28.9. The molecule has 7 aliphatic heterocycles. The first-order valence-corrected chi connectivity index (χ1v) is 19.4. The largest absolute Gasteiger partial charge is 0.504 e.